The van der Waals surface area contributed by atoms with E-state index in [0.717, 1.165) is 6.54 Å². The molecule has 1 aromatic rings. The predicted molar refractivity (Wildman–Crippen MR) is 39.0 cm³/mol. The molecule has 1 aromatic carbocycles. The van der Waals surface area contributed by atoms with Gasteiger partial charge >= 0.3 is 63.3 Å². The minimum absolute atomic E-state index is 0. The molecule has 58 valence electrons. The van der Waals surface area contributed by atoms with Gasteiger partial charge in [0.25, 0.3) is 0 Å². The maximum absolute atomic E-state index is 3.00. The van der Waals surface area contributed by atoms with Crippen molar-refractivity contribution in [1.82, 2.24) is 4.30 Å². The number of benzene rings is 1. The van der Waals surface area contributed by atoms with Crippen LogP contribution in [0, 0.1) is 0 Å². The molecule has 0 fully saturated rings. The number of halogens is 2. The first-order chi connectivity index (χ1) is 4.43. The Morgan fingerprint density at radius 2 is 1.64 bits per heavy atom. The molecule has 0 saturated carbocycles. The first kappa shape index (κ1) is 13.9. The van der Waals surface area contributed by atoms with Gasteiger partial charge in [0.15, 0.2) is 0 Å². The third-order valence-corrected chi connectivity index (χ3v) is 1.35. The van der Waals surface area contributed by atoms with Gasteiger partial charge in [-0.05, 0) is 0 Å². The molecule has 0 saturated heterocycles. The van der Waals surface area contributed by atoms with Crippen LogP contribution >= 0.6 is 0 Å². The van der Waals surface area contributed by atoms with Gasteiger partial charge in [0.1, 0.15) is 0 Å². The summed E-state index contributed by atoms with van der Waals surface area (Å²) >= 11 is 2.48. The van der Waals surface area contributed by atoms with Crippen LogP contribution in [-0.4, -0.2) is 16.5 Å². The Bertz CT molecular complexity index is 169. The van der Waals surface area contributed by atoms with Gasteiger partial charge in [0.2, 0.25) is 0 Å². The topological polar surface area (TPSA) is 12.0 Å². The third-order valence-electron chi connectivity index (χ3n) is 1.15. The normalized spacial score (nSPS) is 7.82. The largest absolute Gasteiger partial charge is 1.00 e. The molecule has 0 heterocycles. The van der Waals surface area contributed by atoms with E-state index in [1.165, 1.54) is 5.56 Å². The fourth-order valence-corrected chi connectivity index (χ4v) is 0.949. The van der Waals surface area contributed by atoms with Crippen LogP contribution in [0.3, 0.4) is 0 Å². The average Bonchev–Trinajstić information content (AvgIpc) is 1.91. The number of rotatable bonds is 2. The Kier molecular flexibility index (Phi) is 10.6. The molecule has 0 aliphatic heterocycles. The first-order valence-electron chi connectivity index (χ1n) is 2.91. The van der Waals surface area contributed by atoms with Gasteiger partial charge in [-0.3, -0.25) is 0 Å². The van der Waals surface area contributed by atoms with E-state index in [-0.39, 0.29) is 24.8 Å². The van der Waals surface area contributed by atoms with Gasteiger partial charge in [0.05, 0.1) is 0 Å². The molecule has 0 aliphatic rings. The predicted octanol–water partition coefficient (Wildman–Crippen LogP) is -5.13. The number of nitrogens with one attached hydrogen (secondary N) is 1. The Hall–Kier alpha value is 0.292. The summed E-state index contributed by atoms with van der Waals surface area (Å²) in [7, 11) is 0. The molecule has 0 atom stereocenters. The van der Waals surface area contributed by atoms with Gasteiger partial charge < -0.3 is 24.8 Å². The van der Waals surface area contributed by atoms with Crippen LogP contribution in [0.5, 0.6) is 0 Å². The summed E-state index contributed by atoms with van der Waals surface area (Å²) in [6.45, 7) is 0.922. The van der Waals surface area contributed by atoms with Crippen LogP contribution in [0.15, 0.2) is 30.3 Å². The number of hydrogen-bond donors (Lipinski definition) is 1. The van der Waals surface area contributed by atoms with Crippen LogP contribution in [0.25, 0.3) is 0 Å². The van der Waals surface area contributed by atoms with E-state index in [4.69, 9.17) is 0 Å². The molecule has 0 aliphatic carbocycles. The van der Waals surface area contributed by atoms with Gasteiger partial charge in [-0.1, -0.05) is 0 Å². The molecule has 0 bridgehead atoms. The molecular formula is C7H8AlCl2N. The molecule has 1 N–H and O–H groups in total. The summed E-state index contributed by atoms with van der Waals surface area (Å²) in [5.74, 6) is 0. The summed E-state index contributed by atoms with van der Waals surface area (Å²) in [6, 6.07) is 10.3. The van der Waals surface area contributed by atoms with Crippen molar-refractivity contribution >= 4 is 16.5 Å². The Morgan fingerprint density at radius 1 is 1.09 bits per heavy atom. The van der Waals surface area contributed by atoms with Crippen molar-refractivity contribution in [1.29, 1.82) is 0 Å². The van der Waals surface area contributed by atoms with Crippen molar-refractivity contribution in [3.05, 3.63) is 35.9 Å². The average molecular weight is 204 g/mol. The van der Waals surface area contributed by atoms with Crippen molar-refractivity contribution in [2.75, 3.05) is 0 Å². The van der Waals surface area contributed by atoms with Crippen molar-refractivity contribution < 1.29 is 24.8 Å². The summed E-state index contributed by atoms with van der Waals surface area (Å²) < 4.78 is 3.00. The van der Waals surface area contributed by atoms with E-state index in [2.05, 4.69) is 32.9 Å². The molecule has 0 aromatic heterocycles. The molecule has 1 rings (SSSR count). The van der Waals surface area contributed by atoms with E-state index < -0.39 is 0 Å². The standard InChI is InChI=1S/C7H8N.Al.2ClH/c8-6-7-4-2-1-3-5-7;;;/h1-5,8H,6H2;;2*1H/q-1;+3;;/p-2. The van der Waals surface area contributed by atoms with Crippen LogP contribution in [0.2, 0.25) is 0 Å². The second-order valence-electron chi connectivity index (χ2n) is 1.87. The Balaban J connectivity index is 0. The van der Waals surface area contributed by atoms with Crippen molar-refractivity contribution in [3.8, 4) is 0 Å². The van der Waals surface area contributed by atoms with Gasteiger partial charge in [-0.15, -0.1) is 0 Å². The minimum Gasteiger partial charge on any atom is -1.00 e. The second-order valence-corrected chi connectivity index (χ2v) is 2.27. The van der Waals surface area contributed by atoms with Crippen molar-refractivity contribution in [3.63, 3.8) is 0 Å². The Labute approximate surface area is 88.0 Å². The minimum atomic E-state index is 0. The molecule has 0 radical (unpaired) electrons. The van der Waals surface area contributed by atoms with E-state index in [1.54, 1.807) is 0 Å². The molecule has 11 heavy (non-hydrogen) atoms. The molecule has 4 heteroatoms. The quantitative estimate of drug-likeness (QED) is 0.475. The van der Waals surface area contributed by atoms with Crippen LogP contribution in [0.4, 0.5) is 0 Å². The fourth-order valence-electron chi connectivity index (χ4n) is 0.714. The van der Waals surface area contributed by atoms with Gasteiger partial charge in [-0.25, -0.2) is 0 Å². The SMILES string of the molecule is [Al+2][NH]Cc1ccccc1.[Cl-].[Cl-]. The monoisotopic (exact) mass is 203 g/mol. The third kappa shape index (κ3) is 5.55. The number of hydrogen-bond acceptors (Lipinski definition) is 1. The molecule has 0 unspecified atom stereocenters. The van der Waals surface area contributed by atoms with Gasteiger partial charge in [-0.2, -0.15) is 0 Å². The summed E-state index contributed by atoms with van der Waals surface area (Å²) in [5, 5.41) is 0. The van der Waals surface area contributed by atoms with Crippen molar-refractivity contribution in [2.24, 2.45) is 0 Å². The summed E-state index contributed by atoms with van der Waals surface area (Å²) in [5.41, 5.74) is 1.31. The first-order valence-corrected chi connectivity index (χ1v) is 3.48. The van der Waals surface area contributed by atoms with E-state index in [0.29, 0.717) is 0 Å². The maximum Gasteiger partial charge on any atom is -1.00 e. The second kappa shape index (κ2) is 8.39. The molecule has 1 nitrogen and oxygen atoms in total. The van der Waals surface area contributed by atoms with Crippen molar-refractivity contribution in [2.45, 2.75) is 6.54 Å². The van der Waals surface area contributed by atoms with Crippen LogP contribution in [0.1, 0.15) is 5.56 Å². The van der Waals surface area contributed by atoms with E-state index in [9.17, 15) is 0 Å². The Morgan fingerprint density at radius 3 is 2.09 bits per heavy atom. The summed E-state index contributed by atoms with van der Waals surface area (Å²) in [4.78, 5) is 0. The molecular weight excluding hydrogens is 196 g/mol. The van der Waals surface area contributed by atoms with E-state index in [1.807, 2.05) is 18.2 Å². The van der Waals surface area contributed by atoms with Crippen LogP contribution in [-0.2, 0) is 6.54 Å². The zero-order valence-corrected chi connectivity index (χ0v) is 8.59. The zero-order chi connectivity index (χ0) is 6.53. The van der Waals surface area contributed by atoms with Gasteiger partial charge in [0, 0.05) is 0 Å². The zero-order valence-electron chi connectivity index (χ0n) is 5.93. The summed E-state index contributed by atoms with van der Waals surface area (Å²) in [6.07, 6.45) is 0. The molecule has 0 amide bonds. The smallest absolute Gasteiger partial charge is 1.00 e. The maximum atomic E-state index is 3.00. The fraction of sp³-hybridized carbons (Fsp3) is 0.143. The molecule has 0 spiro atoms. The van der Waals surface area contributed by atoms with E-state index >= 15 is 0 Å². The van der Waals surface area contributed by atoms with Crippen LogP contribution < -0.4 is 29.1 Å².